The highest BCUT2D eigenvalue weighted by Crippen LogP contribution is 2.64. The molecule has 0 amide bonds. The Morgan fingerprint density at radius 2 is 0.978 bits per heavy atom. The van der Waals surface area contributed by atoms with Crippen LogP contribution in [0.1, 0.15) is 42.5 Å². The summed E-state index contributed by atoms with van der Waals surface area (Å²) in [6.45, 7) is 11.0. The van der Waals surface area contributed by atoms with Crippen LogP contribution in [0.15, 0.2) is 121 Å². The van der Waals surface area contributed by atoms with E-state index in [1.165, 1.54) is 0 Å². The molecule has 7 heteroatoms. The Morgan fingerprint density at radius 1 is 0.622 bits per heavy atom. The lowest BCUT2D eigenvalue weighted by atomic mass is 9.72. The summed E-state index contributed by atoms with van der Waals surface area (Å²) >= 11 is 0. The molecule has 2 aliphatic rings. The Morgan fingerprint density at radius 3 is 1.31 bits per heavy atom. The summed E-state index contributed by atoms with van der Waals surface area (Å²) in [5, 5.41) is 0. The van der Waals surface area contributed by atoms with E-state index in [0.29, 0.717) is 13.0 Å². The number of hydrogen-bond donors (Lipinski definition) is 0. The Bertz CT molecular complexity index is 1430. The van der Waals surface area contributed by atoms with Crippen LogP contribution in [-0.4, -0.2) is 32.7 Å². The molecular formula is C38H41O5PSi. The third kappa shape index (κ3) is 6.45. The second-order valence-corrected chi connectivity index (χ2v) is 18.8. The van der Waals surface area contributed by atoms with E-state index in [9.17, 15) is 0 Å². The summed E-state index contributed by atoms with van der Waals surface area (Å²) in [6, 6.07) is 41.0. The van der Waals surface area contributed by atoms with Crippen molar-refractivity contribution in [2.75, 3.05) is 6.61 Å². The third-order valence-electron chi connectivity index (χ3n) is 8.03. The zero-order valence-electron chi connectivity index (χ0n) is 26.6. The van der Waals surface area contributed by atoms with Gasteiger partial charge in [0.2, 0.25) is 0 Å². The topological polar surface area (TPSA) is 46.2 Å². The smallest absolute Gasteiger partial charge is 0.335 e. The van der Waals surface area contributed by atoms with Crippen molar-refractivity contribution < 1.29 is 23.0 Å². The molecule has 0 N–H and O–H groups in total. The van der Waals surface area contributed by atoms with E-state index in [1.54, 1.807) is 0 Å². The zero-order chi connectivity index (χ0) is 31.5. The minimum Gasteiger partial charge on any atom is -0.341 e. The molecule has 0 unspecified atom stereocenters. The fourth-order valence-electron chi connectivity index (χ4n) is 6.21. The van der Waals surface area contributed by atoms with Gasteiger partial charge in [-0.3, -0.25) is 9.05 Å². The quantitative estimate of drug-likeness (QED) is 0.0877. The largest absolute Gasteiger partial charge is 0.341 e. The molecule has 0 spiro atoms. The van der Waals surface area contributed by atoms with E-state index in [1.807, 2.05) is 86.6 Å². The van der Waals surface area contributed by atoms with Crippen molar-refractivity contribution in [3.63, 3.8) is 0 Å². The Labute approximate surface area is 269 Å². The minimum atomic E-state index is -1.99. The number of rotatable bonds is 7. The molecule has 4 aromatic rings. The Kier molecular flexibility index (Phi) is 9.16. The van der Waals surface area contributed by atoms with E-state index in [2.05, 4.69) is 79.6 Å². The van der Waals surface area contributed by atoms with Gasteiger partial charge < -0.3 is 14.0 Å². The van der Waals surface area contributed by atoms with Gasteiger partial charge >= 0.3 is 8.60 Å². The summed E-state index contributed by atoms with van der Waals surface area (Å²) in [5.74, 6) is 2.40. The first-order valence-electron chi connectivity index (χ1n) is 15.5. The molecule has 4 aromatic carbocycles. The predicted octanol–water partition coefficient (Wildman–Crippen LogP) is 8.96. The first kappa shape index (κ1) is 31.9. The van der Waals surface area contributed by atoms with Gasteiger partial charge in [-0.05, 0) is 36.1 Å². The monoisotopic (exact) mass is 636 g/mol. The van der Waals surface area contributed by atoms with Crippen molar-refractivity contribution >= 4 is 16.7 Å². The first-order chi connectivity index (χ1) is 21.6. The summed E-state index contributed by atoms with van der Waals surface area (Å²) in [4.78, 5) is 0. The number of fused-ring (bicyclic) bond motifs is 1. The van der Waals surface area contributed by atoms with Crippen LogP contribution in [0.25, 0.3) is 0 Å². The average Bonchev–Trinajstić information content (AvgIpc) is 3.33. The standard InChI is InChI=1S/C38H41O5PSi/c1-36(2)40-34-35(41-36)38(32-24-14-8-15-25-32,33-26-16-9-17-27-33)43-44(39-28-18-19-29-45(3,4)5)42-37(34,30-20-10-6-11-21-30)31-22-12-7-13-23-31/h6-17,20-27,34-35H,18,28H2,1-5H3/t34-,35-/m1/s1. The molecule has 2 atom stereocenters. The van der Waals surface area contributed by atoms with Crippen LogP contribution >= 0.6 is 8.60 Å². The summed E-state index contributed by atoms with van der Waals surface area (Å²) in [6.07, 6.45) is -0.670. The predicted molar refractivity (Wildman–Crippen MR) is 182 cm³/mol. The molecule has 232 valence electrons. The van der Waals surface area contributed by atoms with Crippen molar-refractivity contribution in [2.24, 2.45) is 0 Å². The van der Waals surface area contributed by atoms with E-state index in [-0.39, 0.29) is 0 Å². The van der Waals surface area contributed by atoms with E-state index >= 15 is 0 Å². The maximum Gasteiger partial charge on any atom is 0.335 e. The SMILES string of the molecule is CC1(C)O[C@@H]2[C@@H](O1)C(c1ccccc1)(c1ccccc1)OP(OCCC#C[Si](C)(C)C)OC2(c1ccccc1)c1ccccc1. The van der Waals surface area contributed by atoms with Crippen LogP contribution in [0.2, 0.25) is 19.6 Å². The lowest BCUT2D eigenvalue weighted by Crippen LogP contribution is -2.53. The summed E-state index contributed by atoms with van der Waals surface area (Å²) in [7, 11) is -3.50. The third-order valence-corrected chi connectivity index (χ3v) is 10.2. The van der Waals surface area contributed by atoms with Gasteiger partial charge in [-0.15, -0.1) is 11.5 Å². The van der Waals surface area contributed by atoms with Crippen molar-refractivity contribution in [1.82, 2.24) is 0 Å². The molecule has 0 saturated carbocycles. The molecule has 2 fully saturated rings. The molecule has 6 rings (SSSR count). The fourth-order valence-corrected chi connectivity index (χ4v) is 8.35. The van der Waals surface area contributed by atoms with Gasteiger partial charge in [-0.1, -0.05) is 141 Å². The van der Waals surface area contributed by atoms with Crippen molar-refractivity contribution in [3.05, 3.63) is 144 Å². The Balaban J connectivity index is 1.59. The van der Waals surface area contributed by atoms with Crippen LogP contribution in [-0.2, 0) is 34.2 Å². The van der Waals surface area contributed by atoms with Crippen LogP contribution < -0.4 is 0 Å². The molecule has 0 aromatic heterocycles. The molecular weight excluding hydrogens is 595 g/mol. The van der Waals surface area contributed by atoms with E-state index < -0.39 is 45.9 Å². The van der Waals surface area contributed by atoms with Gasteiger partial charge in [0.05, 0.1) is 6.61 Å². The van der Waals surface area contributed by atoms with Gasteiger partial charge in [-0.25, -0.2) is 0 Å². The molecule has 2 aliphatic heterocycles. The molecule has 2 heterocycles. The number of ether oxygens (including phenoxy) is 2. The molecule has 0 aliphatic carbocycles. The maximum absolute atomic E-state index is 7.30. The number of hydrogen-bond acceptors (Lipinski definition) is 5. The van der Waals surface area contributed by atoms with Crippen LogP contribution in [0.4, 0.5) is 0 Å². The summed E-state index contributed by atoms with van der Waals surface area (Å²) in [5.41, 5.74) is 4.93. The van der Waals surface area contributed by atoms with E-state index in [4.69, 9.17) is 23.0 Å². The van der Waals surface area contributed by atoms with Crippen LogP contribution in [0.5, 0.6) is 0 Å². The van der Waals surface area contributed by atoms with Crippen molar-refractivity contribution in [2.45, 2.75) is 69.1 Å². The number of benzene rings is 4. The first-order valence-corrected chi connectivity index (χ1v) is 20.1. The lowest BCUT2D eigenvalue weighted by molar-refractivity contribution is -0.176. The summed E-state index contributed by atoms with van der Waals surface area (Å²) < 4.78 is 35.2. The van der Waals surface area contributed by atoms with Crippen LogP contribution in [0.3, 0.4) is 0 Å². The molecule has 45 heavy (non-hydrogen) atoms. The molecule has 0 bridgehead atoms. The minimum absolute atomic E-state index is 0.366. The normalized spacial score (nSPS) is 22.1. The van der Waals surface area contributed by atoms with Gasteiger partial charge in [0.15, 0.2) is 17.0 Å². The van der Waals surface area contributed by atoms with Gasteiger partial charge in [0, 0.05) is 6.42 Å². The second-order valence-electron chi connectivity index (χ2n) is 13.0. The highest BCUT2D eigenvalue weighted by atomic mass is 31.2. The van der Waals surface area contributed by atoms with Gasteiger partial charge in [0.25, 0.3) is 0 Å². The Hall–Kier alpha value is -3.11. The highest BCUT2D eigenvalue weighted by Gasteiger charge is 2.67. The lowest BCUT2D eigenvalue weighted by Gasteiger charge is -2.41. The highest BCUT2D eigenvalue weighted by molar-refractivity contribution is 7.41. The van der Waals surface area contributed by atoms with Crippen molar-refractivity contribution in [3.8, 4) is 11.5 Å². The average molecular weight is 637 g/mol. The second kappa shape index (κ2) is 12.9. The van der Waals surface area contributed by atoms with Gasteiger partial charge in [0.1, 0.15) is 20.3 Å². The van der Waals surface area contributed by atoms with E-state index in [0.717, 1.165) is 22.3 Å². The van der Waals surface area contributed by atoms with Crippen molar-refractivity contribution in [1.29, 1.82) is 0 Å². The molecule has 2 saturated heterocycles. The molecule has 5 nitrogen and oxygen atoms in total. The van der Waals surface area contributed by atoms with Crippen LogP contribution in [0, 0.1) is 11.5 Å². The fraction of sp³-hybridized carbons (Fsp3) is 0.316. The zero-order valence-corrected chi connectivity index (χ0v) is 28.5. The van der Waals surface area contributed by atoms with Gasteiger partial charge in [-0.2, -0.15) is 0 Å². The molecule has 0 radical (unpaired) electrons. The maximum atomic E-state index is 7.30.